The lowest BCUT2D eigenvalue weighted by Gasteiger charge is -2.28. The molecule has 1 aliphatic carbocycles. The topological polar surface area (TPSA) is 41.9 Å². The molecule has 1 saturated heterocycles. The first kappa shape index (κ1) is 14.8. The molecule has 0 amide bonds. The summed E-state index contributed by atoms with van der Waals surface area (Å²) < 4.78 is 11.2. The number of aliphatic hydroxyl groups is 1. The van der Waals surface area contributed by atoms with E-state index in [2.05, 4.69) is 17.0 Å². The zero-order valence-corrected chi connectivity index (χ0v) is 12.6. The summed E-state index contributed by atoms with van der Waals surface area (Å²) >= 11 is 0. The Bertz CT molecular complexity index is 457. The molecule has 1 aromatic rings. The molecular formula is C17H25NO3. The highest BCUT2D eigenvalue weighted by molar-refractivity contribution is 5.41. The Kier molecular flexibility index (Phi) is 5.12. The van der Waals surface area contributed by atoms with E-state index in [0.29, 0.717) is 13.2 Å². The van der Waals surface area contributed by atoms with Crippen LogP contribution in [0.15, 0.2) is 18.2 Å². The van der Waals surface area contributed by atoms with Crippen LogP contribution >= 0.6 is 0 Å². The van der Waals surface area contributed by atoms with Gasteiger partial charge in [-0.15, -0.1) is 0 Å². The Morgan fingerprint density at radius 1 is 1.19 bits per heavy atom. The smallest absolute Gasteiger partial charge is 0.122 e. The monoisotopic (exact) mass is 291 g/mol. The summed E-state index contributed by atoms with van der Waals surface area (Å²) in [4.78, 5) is 2.23. The molecule has 1 N–H and O–H groups in total. The Morgan fingerprint density at radius 3 is 2.86 bits per heavy atom. The number of fused-ring (bicyclic) bond motifs is 1. The van der Waals surface area contributed by atoms with Crippen LogP contribution in [-0.4, -0.2) is 55.6 Å². The summed E-state index contributed by atoms with van der Waals surface area (Å²) in [6, 6.07) is 6.30. The van der Waals surface area contributed by atoms with Gasteiger partial charge in [0, 0.05) is 19.6 Å². The first-order chi connectivity index (χ1) is 10.3. The van der Waals surface area contributed by atoms with Crippen LogP contribution in [0.3, 0.4) is 0 Å². The van der Waals surface area contributed by atoms with Gasteiger partial charge in [0.05, 0.1) is 13.2 Å². The van der Waals surface area contributed by atoms with Crippen molar-refractivity contribution in [2.75, 3.05) is 39.5 Å². The highest BCUT2D eigenvalue weighted by Gasteiger charge is 2.17. The molecule has 1 atom stereocenters. The number of aryl methyl sites for hydroxylation is 1. The molecule has 21 heavy (non-hydrogen) atoms. The van der Waals surface area contributed by atoms with Crippen molar-refractivity contribution < 1.29 is 14.6 Å². The first-order valence-corrected chi connectivity index (χ1v) is 8.04. The van der Waals surface area contributed by atoms with Gasteiger partial charge >= 0.3 is 0 Å². The SMILES string of the molecule is O[C@H](COc1cccc2c1CCCC2)CN1CCOCC1. The fourth-order valence-corrected chi connectivity index (χ4v) is 3.20. The van der Waals surface area contributed by atoms with Gasteiger partial charge in [0.15, 0.2) is 0 Å². The number of hydrogen-bond acceptors (Lipinski definition) is 4. The molecule has 0 saturated carbocycles. The lowest BCUT2D eigenvalue weighted by molar-refractivity contribution is 0.00455. The fourth-order valence-electron chi connectivity index (χ4n) is 3.20. The van der Waals surface area contributed by atoms with Crippen molar-refractivity contribution in [3.63, 3.8) is 0 Å². The van der Waals surface area contributed by atoms with Crippen LogP contribution < -0.4 is 4.74 Å². The maximum Gasteiger partial charge on any atom is 0.122 e. The average Bonchev–Trinajstić information content (AvgIpc) is 2.54. The average molecular weight is 291 g/mol. The lowest BCUT2D eigenvalue weighted by Crippen LogP contribution is -2.42. The normalized spacial score (nSPS) is 20.8. The molecule has 1 aromatic carbocycles. The summed E-state index contributed by atoms with van der Waals surface area (Å²) in [5, 5.41) is 10.2. The minimum Gasteiger partial charge on any atom is -0.491 e. The van der Waals surface area contributed by atoms with Gasteiger partial charge in [-0.05, 0) is 42.9 Å². The third kappa shape index (κ3) is 3.96. The first-order valence-electron chi connectivity index (χ1n) is 8.04. The molecule has 0 unspecified atom stereocenters. The van der Waals surface area contributed by atoms with Crippen molar-refractivity contribution in [1.29, 1.82) is 0 Å². The van der Waals surface area contributed by atoms with E-state index in [4.69, 9.17) is 9.47 Å². The van der Waals surface area contributed by atoms with Crippen molar-refractivity contribution in [3.8, 4) is 5.75 Å². The fraction of sp³-hybridized carbons (Fsp3) is 0.647. The minimum absolute atomic E-state index is 0.369. The Morgan fingerprint density at radius 2 is 2.00 bits per heavy atom. The summed E-state index contributed by atoms with van der Waals surface area (Å²) in [6.07, 6.45) is 4.33. The standard InChI is InChI=1S/C17H25NO3/c19-15(12-18-8-10-20-11-9-18)13-21-17-7-3-5-14-4-1-2-6-16(14)17/h3,5,7,15,19H,1-2,4,6,8-13H2/t15-/m0/s1. The molecule has 2 aliphatic rings. The van der Waals surface area contributed by atoms with E-state index in [9.17, 15) is 5.11 Å². The zero-order chi connectivity index (χ0) is 14.5. The molecule has 0 aromatic heterocycles. The van der Waals surface area contributed by atoms with Crippen molar-refractivity contribution in [2.45, 2.75) is 31.8 Å². The molecular weight excluding hydrogens is 266 g/mol. The molecule has 0 spiro atoms. The summed E-state index contributed by atoms with van der Waals surface area (Å²) in [6.45, 7) is 4.36. The van der Waals surface area contributed by atoms with Crippen molar-refractivity contribution >= 4 is 0 Å². The van der Waals surface area contributed by atoms with Crippen LogP contribution in [0, 0.1) is 0 Å². The van der Waals surface area contributed by atoms with E-state index >= 15 is 0 Å². The number of aliphatic hydroxyl groups excluding tert-OH is 1. The van der Waals surface area contributed by atoms with E-state index in [1.54, 1.807) is 0 Å². The van der Waals surface area contributed by atoms with Gasteiger partial charge in [0.2, 0.25) is 0 Å². The van der Waals surface area contributed by atoms with E-state index in [1.807, 2.05) is 6.07 Å². The van der Waals surface area contributed by atoms with Gasteiger partial charge in [-0.1, -0.05) is 12.1 Å². The molecule has 4 heteroatoms. The van der Waals surface area contributed by atoms with Crippen molar-refractivity contribution in [2.24, 2.45) is 0 Å². The molecule has 0 radical (unpaired) electrons. The number of rotatable bonds is 5. The summed E-state index contributed by atoms with van der Waals surface area (Å²) in [7, 11) is 0. The predicted octanol–water partition coefficient (Wildman–Crippen LogP) is 1.64. The molecule has 1 fully saturated rings. The maximum absolute atomic E-state index is 10.2. The quantitative estimate of drug-likeness (QED) is 0.895. The van der Waals surface area contributed by atoms with Crippen molar-refractivity contribution in [3.05, 3.63) is 29.3 Å². The van der Waals surface area contributed by atoms with Crippen LogP contribution in [0.4, 0.5) is 0 Å². The maximum atomic E-state index is 10.2. The largest absolute Gasteiger partial charge is 0.491 e. The zero-order valence-electron chi connectivity index (χ0n) is 12.6. The van der Waals surface area contributed by atoms with Crippen LogP contribution in [0.5, 0.6) is 5.75 Å². The van der Waals surface area contributed by atoms with Crippen LogP contribution in [-0.2, 0) is 17.6 Å². The van der Waals surface area contributed by atoms with Gasteiger partial charge in [-0.2, -0.15) is 0 Å². The minimum atomic E-state index is -0.442. The van der Waals surface area contributed by atoms with E-state index in [1.165, 1.54) is 24.0 Å². The van der Waals surface area contributed by atoms with E-state index in [0.717, 1.165) is 44.9 Å². The van der Waals surface area contributed by atoms with Gasteiger partial charge in [0.1, 0.15) is 18.5 Å². The third-order valence-electron chi connectivity index (χ3n) is 4.36. The second-order valence-corrected chi connectivity index (χ2v) is 5.98. The Labute approximate surface area is 126 Å². The summed E-state index contributed by atoms with van der Waals surface area (Å²) in [5.74, 6) is 0.966. The summed E-state index contributed by atoms with van der Waals surface area (Å²) in [5.41, 5.74) is 2.77. The molecule has 116 valence electrons. The molecule has 1 heterocycles. The Hall–Kier alpha value is -1.10. The van der Waals surface area contributed by atoms with Gasteiger partial charge in [-0.3, -0.25) is 4.90 Å². The highest BCUT2D eigenvalue weighted by atomic mass is 16.5. The van der Waals surface area contributed by atoms with E-state index in [-0.39, 0.29) is 0 Å². The number of ether oxygens (including phenoxy) is 2. The van der Waals surface area contributed by atoms with Crippen LogP contribution in [0.1, 0.15) is 24.0 Å². The number of benzene rings is 1. The highest BCUT2D eigenvalue weighted by Crippen LogP contribution is 2.29. The molecule has 3 rings (SSSR count). The molecule has 1 aliphatic heterocycles. The molecule has 0 bridgehead atoms. The number of hydrogen-bond donors (Lipinski definition) is 1. The molecule has 4 nitrogen and oxygen atoms in total. The van der Waals surface area contributed by atoms with Crippen molar-refractivity contribution in [1.82, 2.24) is 4.90 Å². The predicted molar refractivity (Wildman–Crippen MR) is 81.8 cm³/mol. The number of nitrogens with zero attached hydrogens (tertiary/aromatic N) is 1. The number of morpholine rings is 1. The number of β-amino-alcohol motifs (C(OH)–C–C–N with tert-alkyl or cyclic N) is 1. The second-order valence-electron chi connectivity index (χ2n) is 5.98. The van der Waals surface area contributed by atoms with E-state index < -0.39 is 6.10 Å². The second kappa shape index (κ2) is 7.25. The van der Waals surface area contributed by atoms with Crippen LogP contribution in [0.25, 0.3) is 0 Å². The van der Waals surface area contributed by atoms with Crippen LogP contribution in [0.2, 0.25) is 0 Å². The third-order valence-corrected chi connectivity index (χ3v) is 4.36. The Balaban J connectivity index is 1.52. The van der Waals surface area contributed by atoms with Gasteiger partial charge in [0.25, 0.3) is 0 Å². The van der Waals surface area contributed by atoms with Gasteiger partial charge in [-0.25, -0.2) is 0 Å². The van der Waals surface area contributed by atoms with Gasteiger partial charge < -0.3 is 14.6 Å². The lowest BCUT2D eigenvalue weighted by atomic mass is 9.91.